The van der Waals surface area contributed by atoms with E-state index in [-0.39, 0.29) is 33.1 Å². The molecule has 1 aromatic heterocycles. The van der Waals surface area contributed by atoms with Gasteiger partial charge in [-0.3, -0.25) is 4.79 Å². The number of para-hydroxylation sites is 2. The molecule has 1 aliphatic heterocycles. The fraction of sp³-hybridized carbons (Fsp3) is 0.281. The first-order valence-corrected chi connectivity index (χ1v) is 13.1. The Morgan fingerprint density at radius 2 is 1.44 bits per heavy atom. The summed E-state index contributed by atoms with van der Waals surface area (Å²) in [5.41, 5.74) is -0.593. The molecule has 1 aliphatic rings. The van der Waals surface area contributed by atoms with Gasteiger partial charge in [0.2, 0.25) is 0 Å². The number of esters is 2. The van der Waals surface area contributed by atoms with Crippen LogP contribution < -0.4 is 19.6 Å². The van der Waals surface area contributed by atoms with E-state index in [0.29, 0.717) is 29.4 Å². The maximum Gasteiger partial charge on any atom is 0.342 e. The van der Waals surface area contributed by atoms with E-state index in [1.54, 1.807) is 74.5 Å². The van der Waals surface area contributed by atoms with Crippen molar-refractivity contribution in [2.24, 2.45) is 0 Å². The Bertz CT molecular complexity index is 1680. The zero-order valence-electron chi connectivity index (χ0n) is 23.4. The number of methoxy groups -OCH3 is 2. The zero-order chi connectivity index (χ0) is 29.3. The van der Waals surface area contributed by atoms with E-state index in [0.717, 1.165) is 0 Å². The number of fused-ring (bicyclic) bond motifs is 3. The minimum absolute atomic E-state index is 0.173. The lowest BCUT2D eigenvalue weighted by Crippen LogP contribution is -2.52. The molecule has 9 nitrogen and oxygen atoms in total. The van der Waals surface area contributed by atoms with Crippen LogP contribution in [0.15, 0.2) is 75.9 Å². The number of carbonyl (C=O) groups excluding carboxylic acids is 2. The van der Waals surface area contributed by atoms with Crippen molar-refractivity contribution in [1.29, 1.82) is 0 Å². The van der Waals surface area contributed by atoms with Crippen molar-refractivity contribution < 1.29 is 37.7 Å². The quantitative estimate of drug-likeness (QED) is 0.265. The van der Waals surface area contributed by atoms with Crippen molar-refractivity contribution in [1.82, 2.24) is 0 Å². The van der Waals surface area contributed by atoms with Crippen molar-refractivity contribution in [3.63, 3.8) is 0 Å². The van der Waals surface area contributed by atoms with Crippen molar-refractivity contribution in [2.45, 2.75) is 45.0 Å². The lowest BCUT2D eigenvalue weighted by Gasteiger charge is -2.43. The Kier molecular flexibility index (Phi) is 7.45. The molecule has 0 fully saturated rings. The van der Waals surface area contributed by atoms with Crippen LogP contribution in [0, 0.1) is 0 Å². The molecule has 0 unspecified atom stereocenters. The Labute approximate surface area is 236 Å². The molecule has 0 saturated heterocycles. The van der Waals surface area contributed by atoms with E-state index in [1.807, 2.05) is 6.92 Å². The van der Waals surface area contributed by atoms with Crippen LogP contribution in [0.25, 0.3) is 11.0 Å². The van der Waals surface area contributed by atoms with Crippen molar-refractivity contribution >= 4 is 22.9 Å². The molecular weight excluding hydrogens is 528 g/mol. The molecule has 212 valence electrons. The van der Waals surface area contributed by atoms with Crippen LogP contribution in [0.2, 0.25) is 0 Å². The number of hydrogen-bond donors (Lipinski definition) is 0. The summed E-state index contributed by atoms with van der Waals surface area (Å²) in [5.74, 6) is -0.0231. The molecule has 0 aliphatic carbocycles. The first kappa shape index (κ1) is 27.8. The normalized spacial score (nSPS) is 17.2. The van der Waals surface area contributed by atoms with Gasteiger partial charge >= 0.3 is 11.9 Å². The van der Waals surface area contributed by atoms with Gasteiger partial charge in [0.05, 0.1) is 25.2 Å². The molecule has 0 amide bonds. The fourth-order valence-corrected chi connectivity index (χ4v) is 4.97. The third-order valence-electron chi connectivity index (χ3n) is 7.03. The highest BCUT2D eigenvalue weighted by atomic mass is 16.6. The monoisotopic (exact) mass is 558 g/mol. The Morgan fingerprint density at radius 1 is 0.854 bits per heavy atom. The molecule has 2 heterocycles. The first-order chi connectivity index (χ1) is 19.7. The minimum atomic E-state index is -1.22. The molecule has 0 N–H and O–H groups in total. The topological polar surface area (TPSA) is 110 Å². The van der Waals surface area contributed by atoms with Crippen LogP contribution in [0.5, 0.6) is 17.2 Å². The molecule has 4 aromatic rings. The number of ether oxygens (including phenoxy) is 5. The maximum atomic E-state index is 13.6. The van der Waals surface area contributed by atoms with Gasteiger partial charge in [0.1, 0.15) is 45.3 Å². The van der Waals surface area contributed by atoms with Gasteiger partial charge in [0.15, 0.2) is 17.6 Å². The minimum Gasteiger partial charge on any atom is -0.496 e. The van der Waals surface area contributed by atoms with Gasteiger partial charge in [0.25, 0.3) is 0 Å². The highest BCUT2D eigenvalue weighted by Gasteiger charge is 2.50. The Morgan fingerprint density at radius 3 is 2.02 bits per heavy atom. The summed E-state index contributed by atoms with van der Waals surface area (Å²) in [6.07, 6.45) is -1.92. The Hall–Kier alpha value is -4.79. The van der Waals surface area contributed by atoms with Crippen LogP contribution >= 0.6 is 0 Å². The van der Waals surface area contributed by atoms with Gasteiger partial charge < -0.3 is 28.1 Å². The van der Waals surface area contributed by atoms with Crippen LogP contribution in [-0.4, -0.2) is 37.9 Å². The summed E-state index contributed by atoms with van der Waals surface area (Å²) in [4.78, 5) is 40.2. The zero-order valence-corrected chi connectivity index (χ0v) is 23.4. The summed E-state index contributed by atoms with van der Waals surface area (Å²) in [7, 11) is 2.90. The highest BCUT2D eigenvalue weighted by molar-refractivity contribution is 5.94. The van der Waals surface area contributed by atoms with Gasteiger partial charge in [-0.05, 0) is 50.2 Å². The Balaban J connectivity index is 1.69. The summed E-state index contributed by atoms with van der Waals surface area (Å²) in [5, 5.41) is 0.275. The van der Waals surface area contributed by atoms with Gasteiger partial charge in [-0.25, -0.2) is 9.59 Å². The van der Waals surface area contributed by atoms with E-state index in [2.05, 4.69) is 0 Å². The van der Waals surface area contributed by atoms with Crippen molar-refractivity contribution in [3.8, 4) is 17.2 Å². The summed E-state index contributed by atoms with van der Waals surface area (Å²) >= 11 is 0. The second kappa shape index (κ2) is 11.0. The van der Waals surface area contributed by atoms with E-state index in [1.165, 1.54) is 20.3 Å². The lowest BCUT2D eigenvalue weighted by molar-refractivity contribution is -0.123. The first-order valence-electron chi connectivity index (χ1n) is 13.1. The molecule has 0 saturated carbocycles. The number of aryl methyl sites for hydroxylation is 1. The van der Waals surface area contributed by atoms with Crippen molar-refractivity contribution in [3.05, 3.63) is 99.4 Å². The highest BCUT2D eigenvalue weighted by Crippen LogP contribution is 2.47. The van der Waals surface area contributed by atoms with Crippen LogP contribution in [-0.2, 0) is 15.9 Å². The van der Waals surface area contributed by atoms with E-state index < -0.39 is 29.7 Å². The van der Waals surface area contributed by atoms with Gasteiger partial charge in [-0.15, -0.1) is 0 Å². The largest absolute Gasteiger partial charge is 0.496 e. The van der Waals surface area contributed by atoms with Crippen molar-refractivity contribution in [2.75, 3.05) is 14.2 Å². The van der Waals surface area contributed by atoms with Crippen LogP contribution in [0.3, 0.4) is 0 Å². The average molecular weight is 559 g/mol. The third-order valence-corrected chi connectivity index (χ3v) is 7.03. The van der Waals surface area contributed by atoms with Crippen LogP contribution in [0.4, 0.5) is 0 Å². The standard InChI is InChI=1S/C32H30O9/c1-6-18-17-22(33)19-15-16-25-26(27(19)38-18)28(39-30(34)20-11-7-9-13-23(20)36-4)29(32(2,3)41-25)40-31(35)21-12-8-10-14-24(21)37-5/h7-17,28-29H,6H2,1-5H3/t28-,29-/m1/s1. The molecule has 0 bridgehead atoms. The van der Waals surface area contributed by atoms with E-state index in [9.17, 15) is 14.4 Å². The third kappa shape index (κ3) is 5.11. The summed E-state index contributed by atoms with van der Waals surface area (Å²) in [6.45, 7) is 5.31. The number of carbonyl (C=O) groups is 2. The van der Waals surface area contributed by atoms with E-state index >= 15 is 0 Å². The number of benzene rings is 3. The van der Waals surface area contributed by atoms with Gasteiger partial charge in [-0.1, -0.05) is 31.2 Å². The molecule has 0 radical (unpaired) electrons. The molecule has 0 spiro atoms. The van der Waals surface area contributed by atoms with Gasteiger partial charge in [0, 0.05) is 12.5 Å². The predicted octanol–water partition coefficient (Wildman–Crippen LogP) is 5.67. The predicted molar refractivity (Wildman–Crippen MR) is 150 cm³/mol. The smallest absolute Gasteiger partial charge is 0.342 e. The second-order valence-electron chi connectivity index (χ2n) is 10.0. The number of rotatable bonds is 7. The molecule has 5 rings (SSSR count). The molecular formula is C32H30O9. The molecule has 41 heavy (non-hydrogen) atoms. The number of hydrogen-bond acceptors (Lipinski definition) is 9. The molecule has 3 aromatic carbocycles. The van der Waals surface area contributed by atoms with Crippen LogP contribution in [0.1, 0.15) is 58.9 Å². The van der Waals surface area contributed by atoms with E-state index in [4.69, 9.17) is 28.1 Å². The lowest BCUT2D eigenvalue weighted by atomic mass is 9.87. The van der Waals surface area contributed by atoms with Gasteiger partial charge in [-0.2, -0.15) is 0 Å². The fourth-order valence-electron chi connectivity index (χ4n) is 4.97. The molecule has 9 heteroatoms. The second-order valence-corrected chi connectivity index (χ2v) is 10.0. The summed E-state index contributed by atoms with van der Waals surface area (Å²) < 4.78 is 35.4. The molecule has 2 atom stereocenters. The SMILES string of the molecule is CCc1cc(=O)c2ccc3c(c2o1)[C@@H](OC(=O)c1ccccc1OC)[C@@H](OC(=O)c1ccccc1OC)C(C)(C)O3. The summed E-state index contributed by atoms with van der Waals surface area (Å²) in [6, 6.07) is 17.9. The maximum absolute atomic E-state index is 13.6. The average Bonchev–Trinajstić information content (AvgIpc) is 2.97.